The van der Waals surface area contributed by atoms with E-state index in [2.05, 4.69) is 25.7 Å². The van der Waals surface area contributed by atoms with Gasteiger partial charge >= 0.3 is 0 Å². The third kappa shape index (κ3) is 8.45. The van der Waals surface area contributed by atoms with Gasteiger partial charge in [0.05, 0.1) is 0 Å². The van der Waals surface area contributed by atoms with Crippen LogP contribution in [0.5, 0.6) is 0 Å². The summed E-state index contributed by atoms with van der Waals surface area (Å²) in [5, 5.41) is 3.49. The molecule has 0 rings (SSSR count). The smallest absolute Gasteiger partial charge is 0.0246 e. The minimum atomic E-state index is -0.662. The van der Waals surface area contributed by atoms with Crippen LogP contribution < -0.4 is 5.32 Å². The van der Waals surface area contributed by atoms with Crippen molar-refractivity contribution in [1.29, 1.82) is 0 Å². The molecule has 0 amide bonds. The molecule has 0 saturated carbocycles. The van der Waals surface area contributed by atoms with Crippen molar-refractivity contribution in [1.82, 2.24) is 5.32 Å². The Labute approximate surface area is 90.6 Å². The molecule has 0 aliphatic carbocycles. The molecule has 3 unspecified atom stereocenters. The molecule has 0 saturated heterocycles. The third-order valence-electron chi connectivity index (χ3n) is 2.21. The van der Waals surface area contributed by atoms with Crippen LogP contribution in [0.15, 0.2) is 12.7 Å². The molecule has 0 bridgehead atoms. The fourth-order valence-electron chi connectivity index (χ4n) is 1.36. The average molecular weight is 217 g/mol. The summed E-state index contributed by atoms with van der Waals surface area (Å²) in [4.78, 5) is 0. The van der Waals surface area contributed by atoms with Crippen LogP contribution in [0.3, 0.4) is 0 Å². The van der Waals surface area contributed by atoms with Gasteiger partial charge in [-0.15, -0.1) is 6.58 Å². The first-order valence-corrected chi connectivity index (χ1v) is 6.96. The van der Waals surface area contributed by atoms with Gasteiger partial charge in [-0.3, -0.25) is 4.21 Å². The molecular weight excluding hydrogens is 194 g/mol. The number of rotatable bonds is 8. The quantitative estimate of drug-likeness (QED) is 0.631. The summed E-state index contributed by atoms with van der Waals surface area (Å²) >= 11 is 0. The monoisotopic (exact) mass is 217 g/mol. The van der Waals surface area contributed by atoms with E-state index in [1.165, 1.54) is 0 Å². The van der Waals surface area contributed by atoms with Crippen molar-refractivity contribution in [3.05, 3.63) is 12.7 Å². The fraction of sp³-hybridized carbons (Fsp3) is 0.818. The zero-order chi connectivity index (χ0) is 11.0. The molecule has 0 aromatic heterocycles. The summed E-state index contributed by atoms with van der Waals surface area (Å²) in [6.07, 6.45) is 6.88. The second-order valence-corrected chi connectivity index (χ2v) is 5.46. The van der Waals surface area contributed by atoms with Crippen LogP contribution in [0.1, 0.15) is 33.1 Å². The molecule has 0 aromatic carbocycles. The highest BCUT2D eigenvalue weighted by atomic mass is 32.2. The van der Waals surface area contributed by atoms with Crippen LogP contribution in [0.4, 0.5) is 0 Å². The van der Waals surface area contributed by atoms with Crippen molar-refractivity contribution in [2.75, 3.05) is 12.0 Å². The molecule has 0 aliphatic heterocycles. The number of hydrogen-bond acceptors (Lipinski definition) is 2. The minimum Gasteiger partial charge on any atom is -0.312 e. The predicted molar refractivity (Wildman–Crippen MR) is 65.0 cm³/mol. The molecular formula is C11H23NOS. The molecule has 0 fully saturated rings. The van der Waals surface area contributed by atoms with Crippen molar-refractivity contribution < 1.29 is 4.21 Å². The molecule has 0 radical (unpaired) electrons. The first kappa shape index (κ1) is 13.8. The Balaban J connectivity index is 3.54. The van der Waals surface area contributed by atoms with E-state index in [-0.39, 0.29) is 0 Å². The van der Waals surface area contributed by atoms with Crippen molar-refractivity contribution in [2.45, 2.75) is 45.2 Å². The first-order valence-electron chi connectivity index (χ1n) is 5.23. The van der Waals surface area contributed by atoms with Crippen molar-refractivity contribution >= 4 is 10.8 Å². The largest absolute Gasteiger partial charge is 0.312 e. The first-order chi connectivity index (χ1) is 6.56. The van der Waals surface area contributed by atoms with Crippen LogP contribution in [0.25, 0.3) is 0 Å². The van der Waals surface area contributed by atoms with Crippen LogP contribution in [-0.2, 0) is 10.8 Å². The lowest BCUT2D eigenvalue weighted by Crippen LogP contribution is -2.35. The predicted octanol–water partition coefficient (Wildman–Crippen LogP) is 2.09. The van der Waals surface area contributed by atoms with E-state index in [1.54, 1.807) is 6.26 Å². The summed E-state index contributed by atoms with van der Waals surface area (Å²) in [5.41, 5.74) is 0. The Kier molecular flexibility index (Phi) is 8.09. The fourth-order valence-corrected chi connectivity index (χ4v) is 2.05. The van der Waals surface area contributed by atoms with Crippen molar-refractivity contribution in [2.24, 2.45) is 0 Å². The summed E-state index contributed by atoms with van der Waals surface area (Å²) in [7, 11) is -0.662. The average Bonchev–Trinajstić information content (AvgIpc) is 2.11. The van der Waals surface area contributed by atoms with Crippen molar-refractivity contribution in [3.63, 3.8) is 0 Å². The maximum Gasteiger partial charge on any atom is 0.0246 e. The lowest BCUT2D eigenvalue weighted by Gasteiger charge is -2.19. The Morgan fingerprint density at radius 3 is 2.43 bits per heavy atom. The number of hydrogen-bond donors (Lipinski definition) is 1. The Hall–Kier alpha value is -0.150. The van der Waals surface area contributed by atoms with Crippen LogP contribution in [0, 0.1) is 0 Å². The third-order valence-corrected chi connectivity index (χ3v) is 3.02. The zero-order valence-corrected chi connectivity index (χ0v) is 10.4. The molecule has 1 N–H and O–H groups in total. The van der Waals surface area contributed by atoms with Gasteiger partial charge in [0.15, 0.2) is 0 Å². The molecule has 2 nitrogen and oxygen atoms in total. The molecule has 14 heavy (non-hydrogen) atoms. The van der Waals surface area contributed by atoms with Crippen LogP contribution in [0.2, 0.25) is 0 Å². The standard InChI is InChI=1S/C11H23NOS/c1-5-6-7-10(2)12-11(3)8-9-14(4)13/h5,10-12H,1,6-9H2,2-4H3. The Morgan fingerprint density at radius 1 is 1.36 bits per heavy atom. The van der Waals surface area contributed by atoms with Gasteiger partial charge in [0.2, 0.25) is 0 Å². The Morgan fingerprint density at radius 2 is 1.93 bits per heavy atom. The van der Waals surface area contributed by atoms with Gasteiger partial charge < -0.3 is 5.32 Å². The maximum atomic E-state index is 10.9. The maximum absolute atomic E-state index is 10.9. The lowest BCUT2D eigenvalue weighted by molar-refractivity contribution is 0.441. The molecule has 0 aliphatic rings. The summed E-state index contributed by atoms with van der Waals surface area (Å²) in [6, 6.07) is 0.979. The van der Waals surface area contributed by atoms with Gasteiger partial charge in [0, 0.05) is 34.9 Å². The van der Waals surface area contributed by atoms with E-state index in [1.807, 2.05) is 6.08 Å². The summed E-state index contributed by atoms with van der Waals surface area (Å²) < 4.78 is 10.9. The lowest BCUT2D eigenvalue weighted by atomic mass is 10.1. The second-order valence-electron chi connectivity index (χ2n) is 3.90. The van der Waals surface area contributed by atoms with Gasteiger partial charge in [0.1, 0.15) is 0 Å². The SMILES string of the molecule is C=CCCC(C)NC(C)CCS(C)=O. The van der Waals surface area contributed by atoms with E-state index in [9.17, 15) is 4.21 Å². The van der Waals surface area contributed by atoms with Crippen molar-refractivity contribution in [3.8, 4) is 0 Å². The highest BCUT2D eigenvalue weighted by Gasteiger charge is 2.06. The zero-order valence-electron chi connectivity index (χ0n) is 9.58. The van der Waals surface area contributed by atoms with E-state index < -0.39 is 10.8 Å². The highest BCUT2D eigenvalue weighted by molar-refractivity contribution is 7.84. The van der Waals surface area contributed by atoms with E-state index in [0.29, 0.717) is 12.1 Å². The molecule has 0 spiro atoms. The number of allylic oxidation sites excluding steroid dienone is 1. The van der Waals surface area contributed by atoms with E-state index in [0.717, 1.165) is 25.0 Å². The molecule has 0 heterocycles. The normalized spacial score (nSPS) is 17.4. The van der Waals surface area contributed by atoms with Gasteiger partial charge in [-0.25, -0.2) is 0 Å². The summed E-state index contributed by atoms with van der Waals surface area (Å²) in [5.74, 6) is 0.794. The Bertz CT molecular complexity index is 182. The van der Waals surface area contributed by atoms with Crippen LogP contribution >= 0.6 is 0 Å². The topological polar surface area (TPSA) is 29.1 Å². The van der Waals surface area contributed by atoms with Gasteiger partial charge in [-0.1, -0.05) is 6.08 Å². The molecule has 3 heteroatoms. The molecule has 0 aromatic rings. The minimum absolute atomic E-state index is 0.457. The highest BCUT2D eigenvalue weighted by Crippen LogP contribution is 2.00. The van der Waals surface area contributed by atoms with Gasteiger partial charge in [0.25, 0.3) is 0 Å². The number of nitrogens with one attached hydrogen (secondary N) is 1. The molecule has 3 atom stereocenters. The van der Waals surface area contributed by atoms with Gasteiger partial charge in [-0.05, 0) is 33.1 Å². The van der Waals surface area contributed by atoms with Gasteiger partial charge in [-0.2, -0.15) is 0 Å². The molecule has 84 valence electrons. The van der Waals surface area contributed by atoms with E-state index >= 15 is 0 Å². The van der Waals surface area contributed by atoms with Crippen LogP contribution in [-0.4, -0.2) is 28.3 Å². The summed E-state index contributed by atoms with van der Waals surface area (Å²) in [6.45, 7) is 8.04. The second kappa shape index (κ2) is 8.18. The van der Waals surface area contributed by atoms with E-state index in [4.69, 9.17) is 0 Å².